The zero-order valence-electron chi connectivity index (χ0n) is 15.3. The predicted octanol–water partition coefficient (Wildman–Crippen LogP) is 0.879. The van der Waals surface area contributed by atoms with E-state index in [4.69, 9.17) is 4.74 Å². The number of esters is 1. The zero-order chi connectivity index (χ0) is 20.3. The molecule has 3 rings (SSSR count). The van der Waals surface area contributed by atoms with Gasteiger partial charge < -0.3 is 15.4 Å². The summed E-state index contributed by atoms with van der Waals surface area (Å²) in [5, 5.41) is 24.2. The third-order valence-electron chi connectivity index (χ3n) is 4.11. The molecule has 0 unspecified atom stereocenters. The lowest BCUT2D eigenvalue weighted by Gasteiger charge is -2.28. The van der Waals surface area contributed by atoms with Gasteiger partial charge in [-0.3, -0.25) is 19.5 Å². The Labute approximate surface area is 159 Å². The fourth-order valence-corrected chi connectivity index (χ4v) is 2.84. The third-order valence-corrected chi connectivity index (χ3v) is 4.11. The van der Waals surface area contributed by atoms with Gasteiger partial charge in [0.2, 0.25) is 0 Å². The maximum Gasteiger partial charge on any atom is 0.338 e. The normalized spacial score (nSPS) is 16.5. The van der Waals surface area contributed by atoms with Crippen LogP contribution < -0.4 is 10.6 Å². The molecule has 2 aromatic rings. The summed E-state index contributed by atoms with van der Waals surface area (Å²) in [6, 6.07) is -1.28. The molecule has 12 heteroatoms. The van der Waals surface area contributed by atoms with E-state index in [-0.39, 0.29) is 30.1 Å². The van der Waals surface area contributed by atoms with Crippen LogP contribution >= 0.6 is 0 Å². The molecule has 1 aliphatic rings. The molecule has 0 radical (unpaired) electrons. The number of rotatable bonds is 7. The fourth-order valence-electron chi connectivity index (χ4n) is 2.84. The molecule has 1 atom stereocenters. The summed E-state index contributed by atoms with van der Waals surface area (Å²) in [5.41, 5.74) is 0.854. The molecule has 0 aromatic carbocycles. The zero-order valence-corrected chi connectivity index (χ0v) is 15.3. The van der Waals surface area contributed by atoms with Crippen molar-refractivity contribution in [3.63, 3.8) is 0 Å². The van der Waals surface area contributed by atoms with Gasteiger partial charge in [0.25, 0.3) is 0 Å². The van der Waals surface area contributed by atoms with Crippen LogP contribution in [0.15, 0.2) is 36.1 Å². The number of nitrogens with one attached hydrogen (secondary N) is 2. The van der Waals surface area contributed by atoms with Crippen LogP contribution in [0.5, 0.6) is 0 Å². The highest BCUT2D eigenvalue weighted by molar-refractivity contribution is 5.95. The second kappa shape index (κ2) is 7.90. The van der Waals surface area contributed by atoms with Crippen molar-refractivity contribution in [2.75, 3.05) is 6.61 Å². The highest BCUT2D eigenvalue weighted by Gasteiger charge is 2.34. The summed E-state index contributed by atoms with van der Waals surface area (Å²) in [6.07, 6.45) is 5.60. The molecule has 0 saturated carbocycles. The first kappa shape index (κ1) is 19.1. The molecule has 0 aliphatic carbocycles. The smallest absolute Gasteiger partial charge is 0.338 e. The number of hydrogen-bond acceptors (Lipinski definition) is 7. The van der Waals surface area contributed by atoms with E-state index >= 15 is 0 Å². The lowest BCUT2D eigenvalue weighted by molar-refractivity contribution is -0.385. The van der Waals surface area contributed by atoms with Crippen molar-refractivity contribution in [1.82, 2.24) is 30.2 Å². The summed E-state index contributed by atoms with van der Waals surface area (Å²) in [4.78, 5) is 35.1. The molecule has 148 valence electrons. The van der Waals surface area contributed by atoms with Crippen molar-refractivity contribution in [2.24, 2.45) is 0 Å². The summed E-state index contributed by atoms with van der Waals surface area (Å²) in [5.74, 6) is -0.610. The summed E-state index contributed by atoms with van der Waals surface area (Å²) < 4.78 is 8.10. The average molecular weight is 389 g/mol. The van der Waals surface area contributed by atoms with Gasteiger partial charge in [-0.25, -0.2) is 9.59 Å². The van der Waals surface area contributed by atoms with Gasteiger partial charge in [0.15, 0.2) is 0 Å². The maximum absolute atomic E-state index is 12.6. The van der Waals surface area contributed by atoms with Gasteiger partial charge in [-0.1, -0.05) is 0 Å². The Morgan fingerprint density at radius 1 is 1.29 bits per heavy atom. The van der Waals surface area contributed by atoms with Crippen molar-refractivity contribution in [1.29, 1.82) is 0 Å². The standard InChI is InChI=1S/C16H19N7O5/c1-3-21-7-10(5-17-21)14-13(15(24)28-4-2)12(19-16(25)20-14)9-22-8-11(6-18-22)23(26)27/h5-8,14H,3-4,9H2,1-2H3,(H2,19,20,25)/t14-/m0/s1. The number of aryl methyl sites for hydroxylation is 1. The Kier molecular flexibility index (Phi) is 5.38. The van der Waals surface area contributed by atoms with E-state index < -0.39 is 23.0 Å². The molecule has 2 aromatic heterocycles. The van der Waals surface area contributed by atoms with E-state index in [1.54, 1.807) is 24.0 Å². The largest absolute Gasteiger partial charge is 0.463 e. The molecular weight excluding hydrogens is 370 g/mol. The lowest BCUT2D eigenvalue weighted by Crippen LogP contribution is -2.46. The number of hydrogen-bond donors (Lipinski definition) is 2. The van der Waals surface area contributed by atoms with Crippen LogP contribution in [0.4, 0.5) is 10.5 Å². The van der Waals surface area contributed by atoms with E-state index in [9.17, 15) is 19.7 Å². The number of nitro groups is 1. The van der Waals surface area contributed by atoms with E-state index in [1.807, 2.05) is 6.92 Å². The summed E-state index contributed by atoms with van der Waals surface area (Å²) in [7, 11) is 0. The van der Waals surface area contributed by atoms with Crippen molar-refractivity contribution >= 4 is 17.7 Å². The summed E-state index contributed by atoms with van der Waals surface area (Å²) >= 11 is 0. The molecule has 0 spiro atoms. The number of nitrogens with zero attached hydrogens (tertiary/aromatic N) is 5. The van der Waals surface area contributed by atoms with E-state index in [2.05, 4.69) is 20.8 Å². The van der Waals surface area contributed by atoms with E-state index in [0.29, 0.717) is 12.1 Å². The fraction of sp³-hybridized carbons (Fsp3) is 0.375. The number of carbonyl (C=O) groups is 2. The first-order chi connectivity index (χ1) is 13.4. The molecule has 2 amide bonds. The Morgan fingerprint density at radius 2 is 2.04 bits per heavy atom. The molecule has 3 heterocycles. The maximum atomic E-state index is 12.6. The van der Waals surface area contributed by atoms with Gasteiger partial charge in [-0.2, -0.15) is 10.2 Å². The van der Waals surface area contributed by atoms with E-state index in [0.717, 1.165) is 6.20 Å². The van der Waals surface area contributed by atoms with Crippen LogP contribution in [0.3, 0.4) is 0 Å². The highest BCUT2D eigenvalue weighted by atomic mass is 16.6. The number of allylic oxidation sites excluding steroid dienone is 1. The van der Waals surface area contributed by atoms with Gasteiger partial charge in [0, 0.05) is 18.3 Å². The van der Waals surface area contributed by atoms with Crippen molar-refractivity contribution in [3.05, 3.63) is 51.7 Å². The van der Waals surface area contributed by atoms with E-state index in [1.165, 1.54) is 10.9 Å². The van der Waals surface area contributed by atoms with Crippen LogP contribution in [-0.4, -0.2) is 43.1 Å². The number of ether oxygens (including phenoxy) is 1. The minimum absolute atomic E-state index is 0.0478. The quantitative estimate of drug-likeness (QED) is 0.406. The van der Waals surface area contributed by atoms with Crippen LogP contribution in [0, 0.1) is 10.1 Å². The molecule has 28 heavy (non-hydrogen) atoms. The van der Waals surface area contributed by atoms with Crippen molar-refractivity contribution < 1.29 is 19.2 Å². The van der Waals surface area contributed by atoms with Crippen molar-refractivity contribution in [3.8, 4) is 0 Å². The Hall–Kier alpha value is -3.70. The van der Waals surface area contributed by atoms with Gasteiger partial charge in [0.05, 0.1) is 41.6 Å². The number of amides is 2. The first-order valence-electron chi connectivity index (χ1n) is 8.59. The molecule has 1 aliphatic heterocycles. The average Bonchev–Trinajstić information content (AvgIpc) is 3.30. The van der Waals surface area contributed by atoms with Crippen LogP contribution in [0.1, 0.15) is 25.5 Å². The second-order valence-corrected chi connectivity index (χ2v) is 5.93. The van der Waals surface area contributed by atoms with Crippen molar-refractivity contribution in [2.45, 2.75) is 33.0 Å². The Balaban J connectivity index is 2.02. The minimum Gasteiger partial charge on any atom is -0.463 e. The van der Waals surface area contributed by atoms with Gasteiger partial charge in [-0.15, -0.1) is 0 Å². The Morgan fingerprint density at radius 3 is 2.64 bits per heavy atom. The number of urea groups is 1. The number of aromatic nitrogens is 4. The molecular formula is C16H19N7O5. The molecule has 0 bridgehead atoms. The van der Waals surface area contributed by atoms with Crippen LogP contribution in [-0.2, 0) is 22.6 Å². The molecule has 2 N–H and O–H groups in total. The van der Waals surface area contributed by atoms with Gasteiger partial charge in [0.1, 0.15) is 12.4 Å². The first-order valence-corrected chi connectivity index (χ1v) is 8.59. The second-order valence-electron chi connectivity index (χ2n) is 5.93. The van der Waals surface area contributed by atoms with Crippen LogP contribution in [0.25, 0.3) is 0 Å². The van der Waals surface area contributed by atoms with Gasteiger partial charge >= 0.3 is 17.7 Å². The summed E-state index contributed by atoms with van der Waals surface area (Å²) in [6.45, 7) is 4.32. The lowest BCUT2D eigenvalue weighted by atomic mass is 9.97. The molecule has 0 fully saturated rings. The minimum atomic E-state index is -0.770. The highest BCUT2D eigenvalue weighted by Crippen LogP contribution is 2.28. The molecule has 0 saturated heterocycles. The molecule has 12 nitrogen and oxygen atoms in total. The SMILES string of the molecule is CCOC(=O)C1=C(Cn2cc([N+](=O)[O-])cn2)NC(=O)N[C@H]1c1cnn(CC)c1. The van der Waals surface area contributed by atoms with Crippen LogP contribution in [0.2, 0.25) is 0 Å². The number of carbonyl (C=O) groups excluding carboxylic acids is 2. The topological polar surface area (TPSA) is 146 Å². The predicted molar refractivity (Wildman–Crippen MR) is 94.8 cm³/mol. The monoisotopic (exact) mass is 389 g/mol. The van der Waals surface area contributed by atoms with Gasteiger partial charge in [-0.05, 0) is 13.8 Å². The Bertz CT molecular complexity index is 945. The third kappa shape index (κ3) is 3.84.